The zero-order chi connectivity index (χ0) is 24.7. The Balaban J connectivity index is 1.65. The van der Waals surface area contributed by atoms with E-state index in [1.54, 1.807) is 24.3 Å². The molecule has 0 saturated heterocycles. The van der Waals surface area contributed by atoms with Gasteiger partial charge < -0.3 is 14.8 Å². The number of hydrogen-bond donors (Lipinski definition) is 1. The van der Waals surface area contributed by atoms with E-state index in [0.717, 1.165) is 31.2 Å². The minimum Gasteiger partial charge on any atom is -0.458 e. The number of carbonyl (C=O) groups excluding carboxylic acids is 3. The molecular weight excluding hydrogens is 430 g/mol. The molecule has 182 valence electrons. The van der Waals surface area contributed by atoms with Crippen molar-refractivity contribution in [2.75, 3.05) is 11.9 Å². The van der Waals surface area contributed by atoms with Gasteiger partial charge in [-0.2, -0.15) is 0 Å². The van der Waals surface area contributed by atoms with Gasteiger partial charge in [0.25, 0.3) is 5.91 Å². The summed E-state index contributed by atoms with van der Waals surface area (Å²) in [6.07, 6.45) is 3.57. The van der Waals surface area contributed by atoms with Crippen molar-refractivity contribution in [1.29, 1.82) is 0 Å². The van der Waals surface area contributed by atoms with E-state index in [-0.39, 0.29) is 17.2 Å². The van der Waals surface area contributed by atoms with Gasteiger partial charge >= 0.3 is 11.9 Å². The third kappa shape index (κ3) is 6.46. The van der Waals surface area contributed by atoms with Crippen LogP contribution in [0.25, 0.3) is 0 Å². The fourth-order valence-electron chi connectivity index (χ4n) is 4.64. The van der Waals surface area contributed by atoms with E-state index in [2.05, 4.69) is 26.1 Å². The second-order valence-corrected chi connectivity index (χ2v) is 9.45. The molecule has 6 nitrogen and oxygen atoms in total. The van der Waals surface area contributed by atoms with Gasteiger partial charge in [0.1, 0.15) is 6.10 Å². The molecule has 0 aromatic heterocycles. The van der Waals surface area contributed by atoms with Crippen LogP contribution in [0, 0.1) is 17.8 Å². The Morgan fingerprint density at radius 1 is 0.971 bits per heavy atom. The molecule has 3 atom stereocenters. The lowest BCUT2D eigenvalue weighted by molar-refractivity contribution is -0.119. The van der Waals surface area contributed by atoms with Crippen LogP contribution in [0.4, 0.5) is 5.69 Å². The first kappa shape index (κ1) is 25.5. The number of nitrogens with one attached hydrogen (secondary N) is 1. The number of esters is 2. The second-order valence-electron chi connectivity index (χ2n) is 9.45. The molecule has 1 aliphatic carbocycles. The highest BCUT2D eigenvalue weighted by Gasteiger charge is 2.34. The molecule has 6 heteroatoms. The summed E-state index contributed by atoms with van der Waals surface area (Å²) in [5.41, 5.74) is 1.94. The van der Waals surface area contributed by atoms with Crippen LogP contribution in [-0.2, 0) is 20.7 Å². The number of aryl methyl sites for hydroxylation is 1. The maximum absolute atomic E-state index is 13.1. The first-order valence-corrected chi connectivity index (χ1v) is 12.1. The van der Waals surface area contributed by atoms with Crippen molar-refractivity contribution >= 4 is 23.5 Å². The van der Waals surface area contributed by atoms with Crippen LogP contribution in [0.2, 0.25) is 0 Å². The van der Waals surface area contributed by atoms with Gasteiger partial charge in [-0.1, -0.05) is 64.4 Å². The number of anilines is 1. The Kier molecular flexibility index (Phi) is 8.85. The van der Waals surface area contributed by atoms with Gasteiger partial charge in [-0.05, 0) is 60.8 Å². The van der Waals surface area contributed by atoms with Crippen LogP contribution in [0.1, 0.15) is 73.2 Å². The normalized spacial score (nSPS) is 20.0. The Bertz CT molecular complexity index is 1020. The van der Waals surface area contributed by atoms with Gasteiger partial charge in [-0.3, -0.25) is 4.79 Å². The molecule has 1 saturated carbocycles. The van der Waals surface area contributed by atoms with E-state index >= 15 is 0 Å². The van der Waals surface area contributed by atoms with Crippen molar-refractivity contribution in [2.24, 2.45) is 17.8 Å². The van der Waals surface area contributed by atoms with E-state index in [0.29, 0.717) is 23.4 Å². The molecule has 0 bridgehead atoms. The molecule has 0 aliphatic heterocycles. The first-order chi connectivity index (χ1) is 16.3. The van der Waals surface area contributed by atoms with Gasteiger partial charge in [0.2, 0.25) is 0 Å². The third-order valence-electron chi connectivity index (χ3n) is 6.59. The predicted molar refractivity (Wildman–Crippen MR) is 132 cm³/mol. The molecule has 0 unspecified atom stereocenters. The van der Waals surface area contributed by atoms with Crippen LogP contribution in [0.15, 0.2) is 48.5 Å². The quantitative estimate of drug-likeness (QED) is 0.509. The lowest BCUT2D eigenvalue weighted by Gasteiger charge is -2.36. The zero-order valence-electron chi connectivity index (χ0n) is 20.5. The van der Waals surface area contributed by atoms with Crippen LogP contribution in [0.3, 0.4) is 0 Å². The smallest absolute Gasteiger partial charge is 0.339 e. The Morgan fingerprint density at radius 2 is 1.62 bits per heavy atom. The standard InChI is InChI=1S/C28H35NO5/c1-5-20-10-6-9-13-24(20)29-26(30)17-33-27(31)22-11-7-8-12-23(22)28(32)34-25-16-19(4)14-15-21(25)18(2)3/h6-13,18-19,21,25H,5,14-17H2,1-4H3,(H,29,30)/t19-,21+,25+/m0/s1. The third-order valence-corrected chi connectivity index (χ3v) is 6.59. The maximum atomic E-state index is 13.1. The highest BCUT2D eigenvalue weighted by atomic mass is 16.5. The number of amides is 1. The summed E-state index contributed by atoms with van der Waals surface area (Å²) in [5, 5.41) is 2.77. The fourth-order valence-corrected chi connectivity index (χ4v) is 4.64. The van der Waals surface area contributed by atoms with Crippen LogP contribution in [0.5, 0.6) is 0 Å². The monoisotopic (exact) mass is 465 g/mol. The second kappa shape index (κ2) is 11.8. The number of rotatable bonds is 8. The molecule has 1 fully saturated rings. The molecule has 1 aliphatic rings. The summed E-state index contributed by atoms with van der Waals surface area (Å²) in [5.74, 6) is -0.507. The predicted octanol–water partition coefficient (Wildman–Crippen LogP) is 5.66. The number of carbonyl (C=O) groups is 3. The lowest BCUT2D eigenvalue weighted by Crippen LogP contribution is -2.36. The van der Waals surface area contributed by atoms with E-state index in [4.69, 9.17) is 9.47 Å². The minimum absolute atomic E-state index is 0.0965. The van der Waals surface area contributed by atoms with Crippen molar-refractivity contribution in [3.05, 3.63) is 65.2 Å². The van der Waals surface area contributed by atoms with E-state index < -0.39 is 24.5 Å². The van der Waals surface area contributed by atoms with Gasteiger partial charge in [-0.25, -0.2) is 9.59 Å². The van der Waals surface area contributed by atoms with E-state index in [1.807, 2.05) is 25.1 Å². The summed E-state index contributed by atoms with van der Waals surface area (Å²) in [4.78, 5) is 38.2. The maximum Gasteiger partial charge on any atom is 0.339 e. The van der Waals surface area contributed by atoms with Gasteiger partial charge in [0.05, 0.1) is 11.1 Å². The average molecular weight is 466 g/mol. The van der Waals surface area contributed by atoms with Gasteiger partial charge in [0, 0.05) is 5.69 Å². The van der Waals surface area contributed by atoms with E-state index in [1.165, 1.54) is 6.07 Å². The molecule has 1 amide bonds. The number of ether oxygens (including phenoxy) is 2. The molecule has 34 heavy (non-hydrogen) atoms. The highest BCUT2D eigenvalue weighted by molar-refractivity contribution is 6.04. The number of para-hydroxylation sites is 1. The van der Waals surface area contributed by atoms with Crippen LogP contribution < -0.4 is 5.32 Å². The fraction of sp³-hybridized carbons (Fsp3) is 0.464. The Hall–Kier alpha value is -3.15. The van der Waals surface area contributed by atoms with Crippen molar-refractivity contribution in [1.82, 2.24) is 0 Å². The SMILES string of the molecule is CCc1ccccc1NC(=O)COC(=O)c1ccccc1C(=O)O[C@@H]1C[C@@H](C)CC[C@@H]1C(C)C. The molecule has 2 aromatic carbocycles. The zero-order valence-corrected chi connectivity index (χ0v) is 20.5. The number of benzene rings is 2. The summed E-state index contributed by atoms with van der Waals surface area (Å²) in [6.45, 7) is 8.02. The van der Waals surface area contributed by atoms with Crippen LogP contribution in [-0.4, -0.2) is 30.6 Å². The number of hydrogen-bond acceptors (Lipinski definition) is 5. The van der Waals surface area contributed by atoms with Crippen molar-refractivity contribution in [3.8, 4) is 0 Å². The van der Waals surface area contributed by atoms with Crippen LogP contribution >= 0.6 is 0 Å². The molecule has 2 aromatic rings. The molecule has 0 radical (unpaired) electrons. The summed E-state index contributed by atoms with van der Waals surface area (Å²) >= 11 is 0. The lowest BCUT2D eigenvalue weighted by atomic mass is 9.75. The molecule has 3 rings (SSSR count). The highest BCUT2D eigenvalue weighted by Crippen LogP contribution is 2.35. The van der Waals surface area contributed by atoms with Crippen molar-refractivity contribution < 1.29 is 23.9 Å². The Labute approximate surface area is 202 Å². The Morgan fingerprint density at radius 3 is 2.29 bits per heavy atom. The van der Waals surface area contributed by atoms with Gasteiger partial charge in [-0.15, -0.1) is 0 Å². The summed E-state index contributed by atoms with van der Waals surface area (Å²) in [7, 11) is 0. The average Bonchev–Trinajstić information content (AvgIpc) is 2.82. The summed E-state index contributed by atoms with van der Waals surface area (Å²) in [6, 6.07) is 13.9. The summed E-state index contributed by atoms with van der Waals surface area (Å²) < 4.78 is 11.2. The molecule has 1 N–H and O–H groups in total. The van der Waals surface area contributed by atoms with Crippen molar-refractivity contribution in [3.63, 3.8) is 0 Å². The molecule has 0 heterocycles. The first-order valence-electron chi connectivity index (χ1n) is 12.1. The molecule has 0 spiro atoms. The van der Waals surface area contributed by atoms with Gasteiger partial charge in [0.15, 0.2) is 6.61 Å². The largest absolute Gasteiger partial charge is 0.458 e. The van der Waals surface area contributed by atoms with Crippen molar-refractivity contribution in [2.45, 2.75) is 59.5 Å². The topological polar surface area (TPSA) is 81.7 Å². The minimum atomic E-state index is -0.733. The van der Waals surface area contributed by atoms with E-state index in [9.17, 15) is 14.4 Å². The molecular formula is C28H35NO5.